The molecule has 0 heterocycles. The van der Waals surface area contributed by atoms with E-state index >= 15 is 0 Å². The molecule has 0 saturated carbocycles. The lowest BCUT2D eigenvalue weighted by Gasteiger charge is -2.05. The van der Waals surface area contributed by atoms with Crippen LogP contribution in [0.2, 0.25) is 0 Å². The van der Waals surface area contributed by atoms with Gasteiger partial charge in [0.2, 0.25) is 0 Å². The standard InChI is InChI=1S/C23H37NS/c1-2-3-4-5-6-7-9-14-19-25-20-15-10-8-11-16-22-17-12-13-18-23(22)21-24/h12-13,17-18H,2-11,14-16,19-20H2,1H3. The molecule has 140 valence electrons. The third-order valence-electron chi connectivity index (χ3n) is 4.76. The molecule has 0 aliphatic carbocycles. The van der Waals surface area contributed by atoms with Gasteiger partial charge in [-0.1, -0.05) is 82.9 Å². The van der Waals surface area contributed by atoms with Gasteiger partial charge in [0.15, 0.2) is 0 Å². The normalized spacial score (nSPS) is 10.7. The summed E-state index contributed by atoms with van der Waals surface area (Å²) in [6.45, 7) is 2.28. The van der Waals surface area contributed by atoms with Crippen LogP contribution in [0.4, 0.5) is 0 Å². The number of unbranched alkanes of at least 4 members (excludes halogenated alkanes) is 10. The van der Waals surface area contributed by atoms with Gasteiger partial charge in [-0.15, -0.1) is 0 Å². The average Bonchev–Trinajstić information content (AvgIpc) is 2.65. The van der Waals surface area contributed by atoms with Crippen LogP contribution in [0.1, 0.15) is 95.1 Å². The van der Waals surface area contributed by atoms with Crippen molar-refractivity contribution in [3.8, 4) is 6.07 Å². The van der Waals surface area contributed by atoms with E-state index in [9.17, 15) is 0 Å². The van der Waals surface area contributed by atoms with E-state index < -0.39 is 0 Å². The summed E-state index contributed by atoms with van der Waals surface area (Å²) in [5.74, 6) is 2.68. The van der Waals surface area contributed by atoms with Crippen molar-refractivity contribution in [3.05, 3.63) is 35.4 Å². The summed E-state index contributed by atoms with van der Waals surface area (Å²) in [7, 11) is 0. The van der Waals surface area contributed by atoms with Gasteiger partial charge in [-0.2, -0.15) is 17.0 Å². The molecule has 0 spiro atoms. The molecule has 2 heteroatoms. The van der Waals surface area contributed by atoms with Gasteiger partial charge in [-0.05, 0) is 48.8 Å². The van der Waals surface area contributed by atoms with Crippen molar-refractivity contribution in [2.45, 2.75) is 90.4 Å². The first-order valence-electron chi connectivity index (χ1n) is 10.4. The Bertz CT molecular complexity index is 463. The van der Waals surface area contributed by atoms with Crippen LogP contribution >= 0.6 is 11.8 Å². The van der Waals surface area contributed by atoms with Crippen LogP contribution in [0, 0.1) is 11.3 Å². The largest absolute Gasteiger partial charge is 0.192 e. The Balaban J connectivity index is 1.83. The summed E-state index contributed by atoms with van der Waals surface area (Å²) in [5, 5.41) is 9.09. The number of hydrogen-bond acceptors (Lipinski definition) is 2. The summed E-state index contributed by atoms with van der Waals surface area (Å²) in [6, 6.07) is 10.3. The third-order valence-corrected chi connectivity index (χ3v) is 5.92. The van der Waals surface area contributed by atoms with Crippen LogP contribution in [-0.2, 0) is 6.42 Å². The quantitative estimate of drug-likeness (QED) is 0.285. The van der Waals surface area contributed by atoms with Gasteiger partial charge >= 0.3 is 0 Å². The Hall–Kier alpha value is -0.940. The Labute approximate surface area is 160 Å². The molecule has 0 aliphatic heterocycles. The molecule has 0 atom stereocenters. The van der Waals surface area contributed by atoms with Gasteiger partial charge in [-0.3, -0.25) is 0 Å². The van der Waals surface area contributed by atoms with Gasteiger partial charge in [0.1, 0.15) is 0 Å². The second-order valence-electron chi connectivity index (χ2n) is 7.02. The molecule has 0 unspecified atom stereocenters. The van der Waals surface area contributed by atoms with Crippen molar-refractivity contribution in [2.75, 3.05) is 11.5 Å². The summed E-state index contributed by atoms with van der Waals surface area (Å²) in [4.78, 5) is 0. The van der Waals surface area contributed by atoms with Crippen LogP contribution in [0.25, 0.3) is 0 Å². The van der Waals surface area contributed by atoms with Crippen molar-refractivity contribution in [1.82, 2.24) is 0 Å². The van der Waals surface area contributed by atoms with Crippen molar-refractivity contribution in [2.24, 2.45) is 0 Å². The molecule has 1 aromatic rings. The van der Waals surface area contributed by atoms with Crippen molar-refractivity contribution < 1.29 is 0 Å². The van der Waals surface area contributed by atoms with Crippen molar-refractivity contribution in [3.63, 3.8) is 0 Å². The predicted molar refractivity (Wildman–Crippen MR) is 113 cm³/mol. The zero-order valence-electron chi connectivity index (χ0n) is 16.3. The van der Waals surface area contributed by atoms with Crippen LogP contribution in [0.15, 0.2) is 24.3 Å². The number of rotatable bonds is 16. The summed E-state index contributed by atoms with van der Waals surface area (Å²) in [5.41, 5.74) is 2.07. The topological polar surface area (TPSA) is 23.8 Å². The van der Waals surface area contributed by atoms with E-state index in [2.05, 4.69) is 30.8 Å². The Morgan fingerprint density at radius 3 is 1.96 bits per heavy atom. The number of hydrogen-bond donors (Lipinski definition) is 0. The SMILES string of the molecule is CCCCCCCCCCSCCCCCCc1ccccc1C#N. The van der Waals surface area contributed by atoms with Gasteiger partial charge in [0.25, 0.3) is 0 Å². The molecular weight excluding hydrogens is 322 g/mol. The fourth-order valence-electron chi connectivity index (χ4n) is 3.16. The summed E-state index contributed by atoms with van der Waals surface area (Å²) in [6.07, 6.45) is 17.6. The summed E-state index contributed by atoms with van der Waals surface area (Å²) < 4.78 is 0. The monoisotopic (exact) mass is 359 g/mol. The Morgan fingerprint density at radius 2 is 1.32 bits per heavy atom. The van der Waals surface area contributed by atoms with Gasteiger partial charge in [0, 0.05) is 0 Å². The lowest BCUT2D eigenvalue weighted by molar-refractivity contribution is 0.586. The zero-order chi connectivity index (χ0) is 18.0. The van der Waals surface area contributed by atoms with E-state index in [1.54, 1.807) is 0 Å². The highest BCUT2D eigenvalue weighted by Gasteiger charge is 2.00. The van der Waals surface area contributed by atoms with Crippen LogP contribution < -0.4 is 0 Å². The lowest BCUT2D eigenvalue weighted by Crippen LogP contribution is -1.91. The molecule has 0 N–H and O–H groups in total. The molecule has 0 fully saturated rings. The third kappa shape index (κ3) is 12.1. The van der Waals surface area contributed by atoms with E-state index in [1.165, 1.54) is 94.1 Å². The predicted octanol–water partition coefficient (Wildman–Crippen LogP) is 7.54. The van der Waals surface area contributed by atoms with E-state index in [1.807, 2.05) is 18.2 Å². The molecule has 0 saturated heterocycles. The van der Waals surface area contributed by atoms with Crippen molar-refractivity contribution in [1.29, 1.82) is 5.26 Å². The van der Waals surface area contributed by atoms with Gasteiger partial charge in [0.05, 0.1) is 11.6 Å². The van der Waals surface area contributed by atoms with E-state index in [0.29, 0.717) is 0 Å². The highest BCUT2D eigenvalue weighted by molar-refractivity contribution is 7.99. The highest BCUT2D eigenvalue weighted by atomic mass is 32.2. The van der Waals surface area contributed by atoms with Crippen LogP contribution in [-0.4, -0.2) is 11.5 Å². The second kappa shape index (κ2) is 16.5. The Kier molecular flexibility index (Phi) is 14.6. The van der Waals surface area contributed by atoms with Gasteiger partial charge < -0.3 is 0 Å². The molecule has 1 rings (SSSR count). The maximum Gasteiger partial charge on any atom is 0.0994 e. The van der Waals surface area contributed by atoms with E-state index in [-0.39, 0.29) is 0 Å². The van der Waals surface area contributed by atoms with Crippen LogP contribution in [0.3, 0.4) is 0 Å². The maximum absolute atomic E-state index is 9.09. The molecule has 0 bridgehead atoms. The minimum absolute atomic E-state index is 0.850. The minimum atomic E-state index is 0.850. The average molecular weight is 360 g/mol. The van der Waals surface area contributed by atoms with E-state index in [4.69, 9.17) is 5.26 Å². The first kappa shape index (κ1) is 22.1. The van der Waals surface area contributed by atoms with Crippen molar-refractivity contribution >= 4 is 11.8 Å². The van der Waals surface area contributed by atoms with Crippen LogP contribution in [0.5, 0.6) is 0 Å². The molecule has 25 heavy (non-hydrogen) atoms. The molecular formula is C23H37NS. The highest BCUT2D eigenvalue weighted by Crippen LogP contribution is 2.15. The minimum Gasteiger partial charge on any atom is -0.192 e. The second-order valence-corrected chi connectivity index (χ2v) is 8.25. The number of nitrogens with zero attached hydrogens (tertiary/aromatic N) is 1. The van der Waals surface area contributed by atoms with E-state index in [0.717, 1.165) is 12.0 Å². The first-order valence-corrected chi connectivity index (χ1v) is 11.6. The fourth-order valence-corrected chi connectivity index (χ4v) is 4.18. The number of nitriles is 1. The molecule has 0 amide bonds. The molecule has 0 aromatic heterocycles. The first-order chi connectivity index (χ1) is 12.4. The molecule has 0 aliphatic rings. The van der Waals surface area contributed by atoms with Gasteiger partial charge in [-0.25, -0.2) is 0 Å². The smallest absolute Gasteiger partial charge is 0.0994 e. The Morgan fingerprint density at radius 1 is 0.760 bits per heavy atom. The fraction of sp³-hybridized carbons (Fsp3) is 0.696. The number of benzene rings is 1. The maximum atomic E-state index is 9.09. The summed E-state index contributed by atoms with van der Waals surface area (Å²) >= 11 is 2.14. The number of aryl methyl sites for hydroxylation is 1. The number of thioether (sulfide) groups is 1. The molecule has 0 radical (unpaired) electrons. The lowest BCUT2D eigenvalue weighted by atomic mass is 10.0. The molecule has 1 aromatic carbocycles. The zero-order valence-corrected chi connectivity index (χ0v) is 17.1. The molecule has 1 nitrogen and oxygen atoms in total.